The normalized spacial score (nSPS) is 22.1. The summed E-state index contributed by atoms with van der Waals surface area (Å²) in [5, 5.41) is 4.59. The third-order valence-electron chi connectivity index (χ3n) is 5.02. The van der Waals surface area contributed by atoms with Crippen molar-refractivity contribution in [1.82, 2.24) is 15.5 Å². The number of ether oxygens (including phenoxy) is 1. The molecule has 4 amide bonds. The molecule has 2 atom stereocenters. The van der Waals surface area contributed by atoms with Crippen molar-refractivity contribution in [3.8, 4) is 5.75 Å². The van der Waals surface area contributed by atoms with Crippen molar-refractivity contribution in [2.75, 3.05) is 31.6 Å². The number of carbonyl (C=O) groups excluding carboxylic acids is 3. The lowest BCUT2D eigenvalue weighted by Crippen LogP contribution is -2.54. The van der Waals surface area contributed by atoms with E-state index in [1.165, 1.54) is 13.2 Å². The second-order valence-corrected chi connectivity index (χ2v) is 6.88. The minimum absolute atomic E-state index is 0.122. The van der Waals surface area contributed by atoms with Crippen molar-refractivity contribution >= 4 is 23.5 Å². The van der Waals surface area contributed by atoms with Crippen molar-refractivity contribution in [3.05, 3.63) is 23.8 Å². The summed E-state index contributed by atoms with van der Waals surface area (Å²) in [6.07, 6.45) is 0.357. The summed E-state index contributed by atoms with van der Waals surface area (Å²) in [7, 11) is 1.27. The van der Waals surface area contributed by atoms with E-state index in [1.807, 2.05) is 11.8 Å². The maximum atomic E-state index is 13.8. The number of methoxy groups -OCH3 is 1. The highest BCUT2D eigenvalue weighted by Crippen LogP contribution is 2.29. The minimum Gasteiger partial charge on any atom is -0.493 e. The first kappa shape index (κ1) is 19.8. The van der Waals surface area contributed by atoms with Crippen LogP contribution in [0.4, 0.5) is 19.3 Å². The van der Waals surface area contributed by atoms with E-state index in [-0.39, 0.29) is 30.5 Å². The second-order valence-electron chi connectivity index (χ2n) is 6.88. The maximum Gasteiger partial charge on any atom is 0.322 e. The molecular weight excluding hydrogens is 374 g/mol. The molecule has 3 rings (SSSR count). The average molecular weight is 396 g/mol. The second kappa shape index (κ2) is 7.99. The number of hydrogen-bond acceptors (Lipinski definition) is 5. The monoisotopic (exact) mass is 396 g/mol. The van der Waals surface area contributed by atoms with Crippen molar-refractivity contribution in [3.63, 3.8) is 0 Å². The number of carbonyl (C=O) groups is 3. The highest BCUT2D eigenvalue weighted by Gasteiger charge is 2.32. The minimum atomic E-state index is -1.03. The Morgan fingerprint density at radius 3 is 2.64 bits per heavy atom. The summed E-state index contributed by atoms with van der Waals surface area (Å²) in [6, 6.07) is 1.19. The molecule has 0 spiro atoms. The number of anilines is 1. The Kier molecular flexibility index (Phi) is 5.66. The first-order valence-electron chi connectivity index (χ1n) is 8.99. The molecule has 28 heavy (non-hydrogen) atoms. The van der Waals surface area contributed by atoms with Crippen LogP contribution in [0.1, 0.15) is 19.8 Å². The van der Waals surface area contributed by atoms with Gasteiger partial charge in [-0.05, 0) is 13.3 Å². The van der Waals surface area contributed by atoms with Crippen LogP contribution in [-0.4, -0.2) is 61.6 Å². The van der Waals surface area contributed by atoms with E-state index >= 15 is 0 Å². The van der Waals surface area contributed by atoms with Crippen molar-refractivity contribution < 1.29 is 27.9 Å². The van der Waals surface area contributed by atoms with Gasteiger partial charge in [-0.15, -0.1) is 0 Å². The van der Waals surface area contributed by atoms with E-state index in [0.29, 0.717) is 25.3 Å². The lowest BCUT2D eigenvalue weighted by Gasteiger charge is -2.41. The number of hydrogen-bond donors (Lipinski definition) is 2. The molecule has 0 unspecified atom stereocenters. The molecule has 0 radical (unpaired) electrons. The van der Waals surface area contributed by atoms with Crippen molar-refractivity contribution in [2.45, 2.75) is 31.8 Å². The smallest absolute Gasteiger partial charge is 0.322 e. The van der Waals surface area contributed by atoms with Crippen LogP contribution in [0.15, 0.2) is 12.1 Å². The van der Waals surface area contributed by atoms with Gasteiger partial charge in [0.1, 0.15) is 6.04 Å². The molecule has 1 aromatic rings. The number of piperazine rings is 1. The Balaban J connectivity index is 1.59. The molecule has 0 aliphatic carbocycles. The third-order valence-corrected chi connectivity index (χ3v) is 5.02. The van der Waals surface area contributed by atoms with Gasteiger partial charge in [-0.3, -0.25) is 14.9 Å². The number of urea groups is 1. The molecule has 10 heteroatoms. The van der Waals surface area contributed by atoms with Crippen LogP contribution in [0.25, 0.3) is 0 Å². The summed E-state index contributed by atoms with van der Waals surface area (Å²) >= 11 is 0. The number of imide groups is 1. The van der Waals surface area contributed by atoms with E-state index in [1.54, 1.807) is 4.90 Å². The van der Waals surface area contributed by atoms with Gasteiger partial charge in [-0.25, -0.2) is 9.18 Å². The summed E-state index contributed by atoms with van der Waals surface area (Å²) in [6.45, 7) is 3.15. The molecule has 2 fully saturated rings. The fraction of sp³-hybridized carbons (Fsp3) is 0.500. The van der Waals surface area contributed by atoms with Gasteiger partial charge in [0.25, 0.3) is 5.91 Å². The topological polar surface area (TPSA) is 91.0 Å². The summed E-state index contributed by atoms with van der Waals surface area (Å²) in [4.78, 5) is 38.7. The molecule has 8 nitrogen and oxygen atoms in total. The molecule has 0 saturated carbocycles. The first-order valence-corrected chi connectivity index (χ1v) is 8.99. The van der Waals surface area contributed by atoms with Gasteiger partial charge in [-0.1, -0.05) is 0 Å². The lowest BCUT2D eigenvalue weighted by atomic mass is 10.1. The Bertz CT molecular complexity index is 804. The van der Waals surface area contributed by atoms with Crippen LogP contribution in [-0.2, 0) is 9.59 Å². The van der Waals surface area contributed by atoms with E-state index < -0.39 is 29.6 Å². The largest absolute Gasteiger partial charge is 0.493 e. The fourth-order valence-electron chi connectivity index (χ4n) is 3.52. The Morgan fingerprint density at radius 2 is 2.04 bits per heavy atom. The SMILES string of the molecule is COc1cc(N2CCN(C(=O)CC[C@H]3NC(=O)NC3=O)C[C@H]2C)cc(F)c1F. The van der Waals surface area contributed by atoms with Crippen LogP contribution < -0.4 is 20.3 Å². The van der Waals surface area contributed by atoms with Gasteiger partial charge >= 0.3 is 6.03 Å². The third kappa shape index (κ3) is 4.00. The van der Waals surface area contributed by atoms with Crippen LogP contribution in [0.5, 0.6) is 5.75 Å². The Morgan fingerprint density at radius 1 is 1.29 bits per heavy atom. The highest BCUT2D eigenvalue weighted by atomic mass is 19.2. The first-order chi connectivity index (χ1) is 13.3. The van der Waals surface area contributed by atoms with E-state index in [0.717, 1.165) is 6.07 Å². The van der Waals surface area contributed by atoms with Crippen molar-refractivity contribution in [1.29, 1.82) is 0 Å². The molecule has 2 aliphatic heterocycles. The predicted octanol–water partition coefficient (Wildman–Crippen LogP) is 0.999. The zero-order valence-corrected chi connectivity index (χ0v) is 15.6. The number of nitrogens with one attached hydrogen (secondary N) is 2. The number of rotatable bonds is 5. The number of halogens is 2. The number of amides is 4. The average Bonchev–Trinajstić information content (AvgIpc) is 2.99. The van der Waals surface area contributed by atoms with Gasteiger partial charge < -0.3 is 19.9 Å². The Labute approximate surface area is 160 Å². The zero-order valence-electron chi connectivity index (χ0n) is 15.6. The fourth-order valence-corrected chi connectivity index (χ4v) is 3.52. The van der Waals surface area contributed by atoms with Crippen LogP contribution in [0.2, 0.25) is 0 Å². The summed E-state index contributed by atoms with van der Waals surface area (Å²) in [5.41, 5.74) is 0.487. The molecule has 1 aromatic carbocycles. The molecule has 0 bridgehead atoms. The number of nitrogens with zero attached hydrogens (tertiary/aromatic N) is 2. The van der Waals surface area contributed by atoms with Gasteiger partial charge in [-0.2, -0.15) is 4.39 Å². The molecule has 2 N–H and O–H groups in total. The molecule has 0 aromatic heterocycles. The van der Waals surface area contributed by atoms with Gasteiger partial charge in [0.05, 0.1) is 7.11 Å². The molecule has 152 valence electrons. The molecular formula is C18H22F2N4O4. The maximum absolute atomic E-state index is 13.8. The van der Waals surface area contributed by atoms with E-state index in [2.05, 4.69) is 10.6 Å². The van der Waals surface area contributed by atoms with Crippen LogP contribution in [0.3, 0.4) is 0 Å². The quantitative estimate of drug-likeness (QED) is 0.725. The standard InChI is InChI=1S/C18H22F2N4O4/c1-10-9-23(15(25)4-3-13-17(26)22-18(27)21-13)5-6-24(10)11-7-12(19)16(20)14(8-11)28-2/h7-8,10,13H,3-6,9H2,1-2H3,(H2,21,22,26,27)/t10-,13-/m1/s1. The molecule has 2 saturated heterocycles. The predicted molar refractivity (Wildman–Crippen MR) is 96.0 cm³/mol. The van der Waals surface area contributed by atoms with Gasteiger partial charge in [0.2, 0.25) is 11.7 Å². The zero-order chi connectivity index (χ0) is 20.4. The molecule has 2 aliphatic rings. The van der Waals surface area contributed by atoms with Crippen LogP contribution in [0, 0.1) is 11.6 Å². The van der Waals surface area contributed by atoms with E-state index in [4.69, 9.17) is 4.74 Å². The lowest BCUT2D eigenvalue weighted by molar-refractivity contribution is -0.132. The summed E-state index contributed by atoms with van der Waals surface area (Å²) in [5.74, 6) is -2.74. The summed E-state index contributed by atoms with van der Waals surface area (Å²) < 4.78 is 32.3. The van der Waals surface area contributed by atoms with Gasteiger partial charge in [0.15, 0.2) is 11.6 Å². The van der Waals surface area contributed by atoms with Crippen molar-refractivity contribution in [2.24, 2.45) is 0 Å². The van der Waals surface area contributed by atoms with E-state index in [9.17, 15) is 23.2 Å². The van der Waals surface area contributed by atoms with Crippen LogP contribution >= 0.6 is 0 Å². The van der Waals surface area contributed by atoms with Gasteiger partial charge in [0, 0.05) is 49.9 Å². The molecule has 2 heterocycles. The highest BCUT2D eigenvalue weighted by molar-refractivity contribution is 6.04. The number of benzene rings is 1. The Hall–Kier alpha value is -2.91.